The average Bonchev–Trinajstić information content (AvgIpc) is 3.15. The summed E-state index contributed by atoms with van der Waals surface area (Å²) in [6.45, 7) is 10.0. The Morgan fingerprint density at radius 2 is 1.66 bits per heavy atom. The highest BCUT2D eigenvalue weighted by molar-refractivity contribution is 6.00. The Morgan fingerprint density at radius 3 is 2.34 bits per heavy atom. The summed E-state index contributed by atoms with van der Waals surface area (Å²) in [5.74, 6) is -0.198. The molecule has 2 aromatic rings. The van der Waals surface area contributed by atoms with Gasteiger partial charge in [0.25, 0.3) is 5.91 Å². The summed E-state index contributed by atoms with van der Waals surface area (Å²) in [6.07, 6.45) is 4.14. The highest BCUT2D eigenvalue weighted by Crippen LogP contribution is 2.29. The summed E-state index contributed by atoms with van der Waals surface area (Å²) in [7, 11) is 0. The largest absolute Gasteiger partial charge is 0.490 e. The van der Waals surface area contributed by atoms with Crippen molar-refractivity contribution < 1.29 is 28.6 Å². The van der Waals surface area contributed by atoms with Crippen LogP contribution in [0.3, 0.4) is 0 Å². The fourth-order valence-corrected chi connectivity index (χ4v) is 4.34. The summed E-state index contributed by atoms with van der Waals surface area (Å²) >= 11 is 0. The van der Waals surface area contributed by atoms with Crippen molar-refractivity contribution in [3.05, 3.63) is 46.8 Å². The van der Waals surface area contributed by atoms with Crippen LogP contribution in [0, 0.1) is 13.8 Å². The third kappa shape index (κ3) is 6.65. The number of aromatic nitrogens is 1. The van der Waals surface area contributed by atoms with E-state index in [0.717, 1.165) is 56.7 Å². The number of nitrogens with zero attached hydrogens (tertiary/aromatic N) is 2. The Kier molecular flexibility index (Phi) is 9.34. The van der Waals surface area contributed by atoms with Crippen LogP contribution in [-0.4, -0.2) is 60.0 Å². The molecule has 35 heavy (non-hydrogen) atoms. The van der Waals surface area contributed by atoms with Gasteiger partial charge >= 0.3 is 5.97 Å². The van der Waals surface area contributed by atoms with E-state index in [0.29, 0.717) is 23.7 Å². The number of Topliss-reactive ketones (excluding diaryl/α,β-unsaturated/α-hetero) is 1. The topological polar surface area (TPSA) is 87.1 Å². The molecule has 0 radical (unpaired) electrons. The smallest absolute Gasteiger partial charge is 0.338 e. The Bertz CT molecular complexity index is 1050. The Hall–Kier alpha value is -3.29. The van der Waals surface area contributed by atoms with E-state index in [9.17, 15) is 14.4 Å². The number of carbonyl (C=O) groups excluding carboxylic acids is 3. The molecule has 3 rings (SSSR count). The van der Waals surface area contributed by atoms with Crippen LogP contribution in [0.4, 0.5) is 0 Å². The minimum Gasteiger partial charge on any atom is -0.490 e. The maximum atomic E-state index is 12.7. The molecule has 0 spiro atoms. The van der Waals surface area contributed by atoms with E-state index in [-0.39, 0.29) is 30.5 Å². The van der Waals surface area contributed by atoms with Crippen molar-refractivity contribution in [3.8, 4) is 11.5 Å². The van der Waals surface area contributed by atoms with Crippen molar-refractivity contribution in [2.45, 2.75) is 59.9 Å². The van der Waals surface area contributed by atoms with E-state index in [4.69, 9.17) is 14.2 Å². The molecule has 0 saturated carbocycles. The number of carbonyl (C=O) groups is 3. The minimum atomic E-state index is -0.627. The first-order valence-corrected chi connectivity index (χ1v) is 12.4. The number of ketones is 1. The van der Waals surface area contributed by atoms with E-state index in [2.05, 4.69) is 11.5 Å². The third-order valence-electron chi connectivity index (χ3n) is 6.19. The number of ether oxygens (including phenoxy) is 3. The molecule has 0 N–H and O–H groups in total. The molecular formula is C27H36N2O6. The number of amides is 1. The van der Waals surface area contributed by atoms with Gasteiger partial charge in [0.1, 0.15) is 0 Å². The molecule has 0 aliphatic carbocycles. The number of likely N-dealkylation sites (tertiary alicyclic amines) is 1. The normalized spacial score (nSPS) is 13.4. The predicted molar refractivity (Wildman–Crippen MR) is 132 cm³/mol. The summed E-state index contributed by atoms with van der Waals surface area (Å²) < 4.78 is 18.7. The second-order valence-electron chi connectivity index (χ2n) is 8.76. The molecule has 2 heterocycles. The van der Waals surface area contributed by atoms with E-state index >= 15 is 0 Å². The van der Waals surface area contributed by atoms with Crippen LogP contribution in [-0.2, 0) is 16.1 Å². The van der Waals surface area contributed by atoms with Crippen LogP contribution < -0.4 is 9.47 Å². The fraction of sp³-hybridized carbons (Fsp3) is 0.519. The lowest BCUT2D eigenvalue weighted by molar-refractivity contribution is -0.134. The molecule has 1 saturated heterocycles. The SMILES string of the molecule is CCCn1c(C)cc(C(=O)COC(=O)c2ccc(OCC(=O)N3CCCCC3)c(OCC)c2)c1C. The van der Waals surface area contributed by atoms with Crippen LogP contribution in [0.15, 0.2) is 24.3 Å². The molecule has 8 heteroatoms. The molecule has 1 aromatic carbocycles. The Morgan fingerprint density at radius 1 is 0.914 bits per heavy atom. The van der Waals surface area contributed by atoms with Crippen molar-refractivity contribution in [3.63, 3.8) is 0 Å². The number of aryl methyl sites for hydroxylation is 1. The number of rotatable bonds is 11. The Labute approximate surface area is 207 Å². The number of esters is 1. The molecular weight excluding hydrogens is 448 g/mol. The third-order valence-corrected chi connectivity index (χ3v) is 6.19. The monoisotopic (exact) mass is 484 g/mol. The molecule has 0 unspecified atom stereocenters. The molecule has 1 fully saturated rings. The molecule has 0 bridgehead atoms. The first-order chi connectivity index (χ1) is 16.8. The van der Waals surface area contributed by atoms with Gasteiger partial charge in [0.05, 0.1) is 12.2 Å². The first-order valence-electron chi connectivity index (χ1n) is 12.4. The number of hydrogen-bond donors (Lipinski definition) is 0. The van der Waals surface area contributed by atoms with Gasteiger partial charge in [-0.2, -0.15) is 0 Å². The van der Waals surface area contributed by atoms with E-state index < -0.39 is 5.97 Å². The summed E-state index contributed by atoms with van der Waals surface area (Å²) in [6, 6.07) is 6.49. The fourth-order valence-electron chi connectivity index (χ4n) is 4.34. The Balaban J connectivity index is 1.62. The molecule has 1 aromatic heterocycles. The lowest BCUT2D eigenvalue weighted by Crippen LogP contribution is -2.38. The van der Waals surface area contributed by atoms with Crippen molar-refractivity contribution in [1.82, 2.24) is 9.47 Å². The molecule has 190 valence electrons. The van der Waals surface area contributed by atoms with Gasteiger partial charge in [-0.1, -0.05) is 6.92 Å². The average molecular weight is 485 g/mol. The zero-order valence-electron chi connectivity index (χ0n) is 21.2. The quantitative estimate of drug-likeness (QED) is 0.348. The minimum absolute atomic E-state index is 0.0625. The molecule has 0 atom stereocenters. The van der Waals surface area contributed by atoms with Gasteiger partial charge in [0.2, 0.25) is 5.78 Å². The second kappa shape index (κ2) is 12.4. The zero-order chi connectivity index (χ0) is 25.4. The van der Waals surface area contributed by atoms with E-state index in [1.165, 1.54) is 6.07 Å². The summed E-state index contributed by atoms with van der Waals surface area (Å²) in [4.78, 5) is 39.6. The standard InChI is InChI=1S/C27H36N2O6/c1-5-12-29-19(3)15-22(20(29)4)23(30)17-35-27(32)21-10-11-24(25(16-21)33-6-2)34-18-26(31)28-13-8-7-9-14-28/h10-11,15-16H,5-9,12-14,17-18H2,1-4H3. The van der Waals surface area contributed by atoms with Gasteiger partial charge in [-0.15, -0.1) is 0 Å². The van der Waals surface area contributed by atoms with Crippen molar-refractivity contribution in [1.29, 1.82) is 0 Å². The van der Waals surface area contributed by atoms with Crippen LogP contribution in [0.2, 0.25) is 0 Å². The predicted octanol–water partition coefficient (Wildman–Crippen LogP) is 4.34. The van der Waals surface area contributed by atoms with Crippen LogP contribution in [0.1, 0.15) is 71.6 Å². The number of hydrogen-bond acceptors (Lipinski definition) is 6. The zero-order valence-corrected chi connectivity index (χ0v) is 21.2. The molecule has 1 aliphatic rings. The van der Waals surface area contributed by atoms with Gasteiger partial charge < -0.3 is 23.7 Å². The van der Waals surface area contributed by atoms with Crippen molar-refractivity contribution in [2.24, 2.45) is 0 Å². The van der Waals surface area contributed by atoms with Crippen molar-refractivity contribution in [2.75, 3.05) is 32.9 Å². The molecule has 1 amide bonds. The van der Waals surface area contributed by atoms with Gasteiger partial charge in [-0.3, -0.25) is 9.59 Å². The maximum absolute atomic E-state index is 12.7. The second-order valence-corrected chi connectivity index (χ2v) is 8.76. The number of benzene rings is 1. The lowest BCUT2D eigenvalue weighted by atomic mass is 10.1. The summed E-state index contributed by atoms with van der Waals surface area (Å²) in [5, 5.41) is 0. The van der Waals surface area contributed by atoms with Gasteiger partial charge in [0.15, 0.2) is 24.7 Å². The van der Waals surface area contributed by atoms with Crippen LogP contribution in [0.25, 0.3) is 0 Å². The van der Waals surface area contributed by atoms with Crippen LogP contribution in [0.5, 0.6) is 11.5 Å². The number of piperidine rings is 1. The van der Waals surface area contributed by atoms with E-state index in [1.54, 1.807) is 12.1 Å². The van der Waals surface area contributed by atoms with E-state index in [1.807, 2.05) is 31.7 Å². The summed E-state index contributed by atoms with van der Waals surface area (Å²) in [5.41, 5.74) is 2.70. The maximum Gasteiger partial charge on any atom is 0.338 e. The van der Waals surface area contributed by atoms with Gasteiger partial charge in [0, 0.05) is 36.6 Å². The molecule has 8 nitrogen and oxygen atoms in total. The highest BCUT2D eigenvalue weighted by Gasteiger charge is 2.20. The van der Waals surface area contributed by atoms with Gasteiger partial charge in [-0.05, 0) is 70.7 Å². The van der Waals surface area contributed by atoms with Gasteiger partial charge in [-0.25, -0.2) is 4.79 Å². The highest BCUT2D eigenvalue weighted by atomic mass is 16.5. The first kappa shape index (κ1) is 26.3. The van der Waals surface area contributed by atoms with Crippen LogP contribution >= 0.6 is 0 Å². The van der Waals surface area contributed by atoms with Crippen molar-refractivity contribution >= 4 is 17.7 Å². The molecule has 1 aliphatic heterocycles. The lowest BCUT2D eigenvalue weighted by Gasteiger charge is -2.26.